The average molecular weight is 466 g/mol. The van der Waals surface area contributed by atoms with E-state index in [1.165, 1.54) is 28.1 Å². The van der Waals surface area contributed by atoms with Crippen molar-refractivity contribution >= 4 is 11.3 Å². The lowest BCUT2D eigenvalue weighted by molar-refractivity contribution is -0.137. The Morgan fingerprint density at radius 1 is 0.697 bits per heavy atom. The molecule has 0 radical (unpaired) electrons. The highest BCUT2D eigenvalue weighted by Gasteiger charge is 2.30. The van der Waals surface area contributed by atoms with E-state index in [4.69, 9.17) is 0 Å². The Hall–Kier alpha value is -2.89. The quantitative estimate of drug-likeness (QED) is 0.242. The van der Waals surface area contributed by atoms with Gasteiger partial charge >= 0.3 is 6.18 Å². The van der Waals surface area contributed by atoms with Crippen LogP contribution in [0.2, 0.25) is 0 Å². The summed E-state index contributed by atoms with van der Waals surface area (Å²) in [4.78, 5) is 3.57. The van der Waals surface area contributed by atoms with Crippen LogP contribution in [0.5, 0.6) is 0 Å². The molecule has 170 valence electrons. The number of thiophene rings is 1. The lowest BCUT2D eigenvalue weighted by Gasteiger charge is -2.26. The van der Waals surface area contributed by atoms with Crippen molar-refractivity contribution in [3.63, 3.8) is 0 Å². The monoisotopic (exact) mass is 465 g/mol. The Bertz CT molecular complexity index is 1050. The maximum absolute atomic E-state index is 13.0. The highest BCUT2D eigenvalue weighted by Crippen LogP contribution is 2.31. The Morgan fingerprint density at radius 2 is 1.30 bits per heavy atom. The van der Waals surface area contributed by atoms with E-state index in [-0.39, 0.29) is 5.92 Å². The van der Waals surface area contributed by atoms with Gasteiger partial charge in [-0.15, -0.1) is 11.3 Å². The van der Waals surface area contributed by atoms with Crippen molar-refractivity contribution in [2.75, 3.05) is 6.54 Å². The third-order valence-corrected chi connectivity index (χ3v) is 6.65. The van der Waals surface area contributed by atoms with Crippen LogP contribution >= 0.6 is 11.3 Å². The third kappa shape index (κ3) is 6.56. The summed E-state index contributed by atoms with van der Waals surface area (Å²) >= 11 is 1.70. The van der Waals surface area contributed by atoms with Crippen LogP contribution in [0.1, 0.15) is 39.5 Å². The van der Waals surface area contributed by atoms with Gasteiger partial charge in [0.15, 0.2) is 0 Å². The fourth-order valence-electron chi connectivity index (χ4n) is 4.10. The molecule has 1 aromatic heterocycles. The summed E-state index contributed by atoms with van der Waals surface area (Å²) in [7, 11) is 0. The zero-order valence-electron chi connectivity index (χ0n) is 18.2. The standard InChI is InChI=1S/C28H26F3NS/c29-28(30,31)25-15-13-22(14-16-25)20-32(21-26-12-7-19-33-26)18-17-27(23-8-3-1-4-9-23)24-10-5-2-6-11-24/h1-16,19,27H,17-18,20-21H2. The smallest absolute Gasteiger partial charge is 0.294 e. The molecule has 33 heavy (non-hydrogen) atoms. The summed E-state index contributed by atoms with van der Waals surface area (Å²) in [6.07, 6.45) is -3.40. The van der Waals surface area contributed by atoms with Gasteiger partial charge in [-0.1, -0.05) is 78.9 Å². The molecule has 0 saturated heterocycles. The molecule has 5 heteroatoms. The number of halogens is 3. The van der Waals surface area contributed by atoms with Crippen molar-refractivity contribution in [1.82, 2.24) is 4.90 Å². The topological polar surface area (TPSA) is 3.24 Å². The van der Waals surface area contributed by atoms with E-state index in [1.54, 1.807) is 23.5 Å². The summed E-state index contributed by atoms with van der Waals surface area (Å²) in [5, 5.41) is 2.06. The van der Waals surface area contributed by atoms with Crippen molar-refractivity contribution in [3.05, 3.63) is 130 Å². The van der Waals surface area contributed by atoms with Gasteiger partial charge in [-0.2, -0.15) is 13.2 Å². The minimum absolute atomic E-state index is 0.255. The van der Waals surface area contributed by atoms with E-state index >= 15 is 0 Å². The van der Waals surface area contributed by atoms with Crippen molar-refractivity contribution in [1.29, 1.82) is 0 Å². The number of nitrogens with zero attached hydrogens (tertiary/aromatic N) is 1. The summed E-state index contributed by atoms with van der Waals surface area (Å²) in [5.41, 5.74) is 2.82. The Kier molecular flexibility index (Phi) is 7.63. The van der Waals surface area contributed by atoms with E-state index in [2.05, 4.69) is 64.9 Å². The van der Waals surface area contributed by atoms with Crippen molar-refractivity contribution in [2.24, 2.45) is 0 Å². The van der Waals surface area contributed by atoms with E-state index in [9.17, 15) is 13.2 Å². The highest BCUT2D eigenvalue weighted by atomic mass is 32.1. The van der Waals surface area contributed by atoms with Gasteiger partial charge in [-0.3, -0.25) is 4.90 Å². The molecule has 0 spiro atoms. The van der Waals surface area contributed by atoms with Crippen LogP contribution in [0.25, 0.3) is 0 Å². The lowest BCUT2D eigenvalue weighted by atomic mass is 9.88. The molecule has 4 aromatic rings. The van der Waals surface area contributed by atoms with Gasteiger partial charge in [0, 0.05) is 23.9 Å². The molecule has 1 nitrogen and oxygen atoms in total. The van der Waals surface area contributed by atoms with E-state index in [0.29, 0.717) is 6.54 Å². The van der Waals surface area contributed by atoms with Crippen LogP contribution in [-0.2, 0) is 19.3 Å². The highest BCUT2D eigenvalue weighted by molar-refractivity contribution is 7.09. The SMILES string of the molecule is FC(F)(F)c1ccc(CN(CCC(c2ccccc2)c2ccccc2)Cc2cccs2)cc1. The molecule has 1 heterocycles. The molecule has 0 aliphatic heterocycles. The zero-order chi connectivity index (χ0) is 23.1. The average Bonchev–Trinajstić information content (AvgIpc) is 3.33. The first-order chi connectivity index (χ1) is 16.0. The van der Waals surface area contributed by atoms with Crippen molar-refractivity contribution < 1.29 is 13.2 Å². The Balaban J connectivity index is 1.53. The molecule has 0 N–H and O–H groups in total. The molecule has 0 fully saturated rings. The molecule has 4 rings (SSSR count). The van der Waals surface area contributed by atoms with E-state index in [0.717, 1.165) is 25.1 Å². The van der Waals surface area contributed by atoms with Crippen LogP contribution in [0.3, 0.4) is 0 Å². The predicted molar refractivity (Wildman–Crippen MR) is 129 cm³/mol. The van der Waals surface area contributed by atoms with Crippen molar-refractivity contribution in [3.8, 4) is 0 Å². The molecular weight excluding hydrogens is 439 g/mol. The number of benzene rings is 3. The van der Waals surface area contributed by atoms with E-state index in [1.807, 2.05) is 18.2 Å². The fraction of sp³-hybridized carbons (Fsp3) is 0.214. The molecule has 0 bridgehead atoms. The lowest BCUT2D eigenvalue weighted by Crippen LogP contribution is -2.25. The molecule has 0 unspecified atom stereocenters. The van der Waals surface area contributed by atoms with Gasteiger partial charge in [0.1, 0.15) is 0 Å². The molecular formula is C28H26F3NS. The normalized spacial score (nSPS) is 11.9. The number of hydrogen-bond acceptors (Lipinski definition) is 2. The fourth-order valence-corrected chi connectivity index (χ4v) is 4.85. The van der Waals surface area contributed by atoms with Gasteiger partial charge in [0.05, 0.1) is 5.56 Å². The van der Waals surface area contributed by atoms with Gasteiger partial charge < -0.3 is 0 Å². The van der Waals surface area contributed by atoms with Gasteiger partial charge in [-0.05, 0) is 53.2 Å². The second-order valence-corrected chi connectivity index (χ2v) is 9.18. The Morgan fingerprint density at radius 3 is 1.82 bits per heavy atom. The predicted octanol–water partition coefficient (Wildman–Crippen LogP) is 7.99. The minimum Gasteiger partial charge on any atom is -0.294 e. The second kappa shape index (κ2) is 10.8. The van der Waals surface area contributed by atoms with Crippen LogP contribution in [0, 0.1) is 0 Å². The summed E-state index contributed by atoms with van der Waals surface area (Å²) < 4.78 is 38.9. The first-order valence-corrected chi connectivity index (χ1v) is 11.9. The molecule has 3 aromatic carbocycles. The van der Waals surface area contributed by atoms with Crippen LogP contribution < -0.4 is 0 Å². The van der Waals surface area contributed by atoms with Crippen LogP contribution in [0.15, 0.2) is 102 Å². The zero-order valence-corrected chi connectivity index (χ0v) is 19.0. The molecule has 0 atom stereocenters. The summed E-state index contributed by atoms with van der Waals surface area (Å²) in [5.74, 6) is 0.255. The van der Waals surface area contributed by atoms with Crippen molar-refractivity contribution in [2.45, 2.75) is 31.6 Å². The van der Waals surface area contributed by atoms with Gasteiger partial charge in [-0.25, -0.2) is 0 Å². The third-order valence-electron chi connectivity index (χ3n) is 5.78. The van der Waals surface area contributed by atoms with Crippen LogP contribution in [-0.4, -0.2) is 11.4 Å². The van der Waals surface area contributed by atoms with Gasteiger partial charge in [0.25, 0.3) is 0 Å². The Labute approximate surface area is 197 Å². The summed E-state index contributed by atoms with van der Waals surface area (Å²) in [6.45, 7) is 2.20. The van der Waals surface area contributed by atoms with Gasteiger partial charge in [0.2, 0.25) is 0 Å². The molecule has 0 aliphatic rings. The first kappa shape index (κ1) is 23.3. The number of rotatable bonds is 9. The molecule has 0 aliphatic carbocycles. The maximum atomic E-state index is 13.0. The summed E-state index contributed by atoms with van der Waals surface area (Å²) in [6, 6.07) is 30.7. The maximum Gasteiger partial charge on any atom is 0.416 e. The first-order valence-electron chi connectivity index (χ1n) is 11.0. The molecule has 0 saturated carbocycles. The van der Waals surface area contributed by atoms with Crippen LogP contribution in [0.4, 0.5) is 13.2 Å². The number of hydrogen-bond donors (Lipinski definition) is 0. The van der Waals surface area contributed by atoms with E-state index < -0.39 is 11.7 Å². The largest absolute Gasteiger partial charge is 0.416 e. The second-order valence-electron chi connectivity index (χ2n) is 8.15. The molecule has 0 amide bonds. The minimum atomic E-state index is -4.31. The number of alkyl halides is 3.